The van der Waals surface area contributed by atoms with Gasteiger partial charge in [0.2, 0.25) is 0 Å². The van der Waals surface area contributed by atoms with Crippen molar-refractivity contribution < 1.29 is 4.79 Å². The zero-order valence-corrected chi connectivity index (χ0v) is 11.4. The summed E-state index contributed by atoms with van der Waals surface area (Å²) in [5.74, 6) is 0.370. The van der Waals surface area contributed by atoms with Gasteiger partial charge in [0.1, 0.15) is 0 Å². The zero-order valence-electron chi connectivity index (χ0n) is 9.79. The molecule has 1 atom stereocenters. The summed E-state index contributed by atoms with van der Waals surface area (Å²) in [5.41, 5.74) is 1.16. The van der Waals surface area contributed by atoms with Gasteiger partial charge in [0.25, 0.3) is 0 Å². The number of unbranched alkanes of at least 4 members (excludes halogenated alkanes) is 2. The Morgan fingerprint density at radius 2 is 1.94 bits per heavy atom. The van der Waals surface area contributed by atoms with E-state index in [2.05, 4.69) is 35.0 Å². The first-order valence-electron chi connectivity index (χ1n) is 5.93. The van der Waals surface area contributed by atoms with E-state index in [0.717, 1.165) is 18.4 Å². The van der Waals surface area contributed by atoms with Gasteiger partial charge in [0.05, 0.1) is 5.33 Å². The van der Waals surface area contributed by atoms with E-state index >= 15 is 0 Å². The maximum atomic E-state index is 11.9. The summed E-state index contributed by atoms with van der Waals surface area (Å²) in [6, 6.07) is 10.1. The number of ketones is 1. The van der Waals surface area contributed by atoms with Crippen LogP contribution in [0.4, 0.5) is 0 Å². The molecule has 0 saturated carbocycles. The van der Waals surface area contributed by atoms with Gasteiger partial charge < -0.3 is 0 Å². The molecule has 0 radical (unpaired) electrons. The third kappa shape index (κ3) is 4.09. The fourth-order valence-electron chi connectivity index (χ4n) is 1.89. The van der Waals surface area contributed by atoms with Crippen LogP contribution in [-0.2, 0) is 4.79 Å². The lowest BCUT2D eigenvalue weighted by molar-refractivity contribution is -0.118. The third-order valence-corrected chi connectivity index (χ3v) is 3.37. The fraction of sp³-hybridized carbons (Fsp3) is 0.500. The lowest BCUT2D eigenvalue weighted by Crippen LogP contribution is -2.13. The molecule has 0 amide bonds. The molecule has 88 valence electrons. The van der Waals surface area contributed by atoms with Gasteiger partial charge in [-0.15, -0.1) is 0 Å². The van der Waals surface area contributed by atoms with Gasteiger partial charge in [0.15, 0.2) is 5.78 Å². The molecule has 0 aliphatic rings. The summed E-state index contributed by atoms with van der Waals surface area (Å²) >= 11 is 3.27. The van der Waals surface area contributed by atoms with Crippen molar-refractivity contribution in [2.75, 3.05) is 5.33 Å². The number of Topliss-reactive ketones (excluding diaryl/α,β-unsaturated/α-hetero) is 1. The lowest BCUT2D eigenvalue weighted by Gasteiger charge is -2.14. The molecule has 0 fully saturated rings. The fourth-order valence-corrected chi connectivity index (χ4v) is 2.28. The van der Waals surface area contributed by atoms with Crippen molar-refractivity contribution in [2.45, 2.75) is 38.5 Å². The largest absolute Gasteiger partial charge is 0.298 e. The molecule has 0 heterocycles. The van der Waals surface area contributed by atoms with Crippen molar-refractivity contribution in [3.05, 3.63) is 35.9 Å². The minimum Gasteiger partial charge on any atom is -0.298 e. The van der Waals surface area contributed by atoms with Crippen LogP contribution in [0.25, 0.3) is 0 Å². The topological polar surface area (TPSA) is 17.1 Å². The van der Waals surface area contributed by atoms with Crippen LogP contribution in [0.15, 0.2) is 30.3 Å². The monoisotopic (exact) mass is 282 g/mol. The Morgan fingerprint density at radius 3 is 2.50 bits per heavy atom. The predicted molar refractivity (Wildman–Crippen MR) is 72.1 cm³/mol. The van der Waals surface area contributed by atoms with Crippen molar-refractivity contribution in [1.29, 1.82) is 0 Å². The van der Waals surface area contributed by atoms with Crippen LogP contribution in [0.1, 0.15) is 44.1 Å². The Balaban J connectivity index is 2.68. The number of alkyl halides is 1. The first-order valence-corrected chi connectivity index (χ1v) is 7.05. The lowest BCUT2D eigenvalue weighted by atomic mass is 9.90. The molecule has 16 heavy (non-hydrogen) atoms. The molecule has 1 unspecified atom stereocenters. The van der Waals surface area contributed by atoms with E-state index < -0.39 is 0 Å². The highest BCUT2D eigenvalue weighted by atomic mass is 79.9. The van der Waals surface area contributed by atoms with Crippen molar-refractivity contribution in [3.63, 3.8) is 0 Å². The number of carbonyl (C=O) groups excluding carboxylic acids is 1. The Morgan fingerprint density at radius 1 is 1.25 bits per heavy atom. The number of rotatable bonds is 7. The Kier molecular flexibility index (Phi) is 6.39. The number of hydrogen-bond acceptors (Lipinski definition) is 1. The number of hydrogen-bond donors (Lipinski definition) is 0. The quantitative estimate of drug-likeness (QED) is 0.538. The van der Waals surface area contributed by atoms with Crippen LogP contribution in [0.2, 0.25) is 0 Å². The number of halogens is 1. The van der Waals surface area contributed by atoms with Crippen LogP contribution in [0.5, 0.6) is 0 Å². The Hall–Kier alpha value is -0.630. The minimum atomic E-state index is 0.0760. The highest BCUT2D eigenvalue weighted by Crippen LogP contribution is 2.24. The van der Waals surface area contributed by atoms with Crippen LogP contribution in [0, 0.1) is 0 Å². The van der Waals surface area contributed by atoms with Gasteiger partial charge in [-0.25, -0.2) is 0 Å². The zero-order chi connectivity index (χ0) is 11.8. The van der Waals surface area contributed by atoms with Crippen LogP contribution in [-0.4, -0.2) is 11.1 Å². The molecule has 0 aliphatic heterocycles. The second-order valence-electron chi connectivity index (χ2n) is 4.06. The van der Waals surface area contributed by atoms with Gasteiger partial charge >= 0.3 is 0 Å². The van der Waals surface area contributed by atoms with Crippen molar-refractivity contribution in [3.8, 4) is 0 Å². The van der Waals surface area contributed by atoms with Crippen LogP contribution in [0.3, 0.4) is 0 Å². The molecule has 0 aliphatic carbocycles. The van der Waals surface area contributed by atoms with E-state index in [1.165, 1.54) is 12.8 Å². The van der Waals surface area contributed by atoms with Gasteiger partial charge in [-0.1, -0.05) is 72.4 Å². The smallest absolute Gasteiger partial charge is 0.150 e. The van der Waals surface area contributed by atoms with Crippen molar-refractivity contribution in [2.24, 2.45) is 0 Å². The van der Waals surface area contributed by atoms with Gasteiger partial charge in [0, 0.05) is 5.92 Å². The normalized spacial score (nSPS) is 12.4. The molecule has 0 spiro atoms. The third-order valence-electron chi connectivity index (χ3n) is 2.82. The summed E-state index contributed by atoms with van der Waals surface area (Å²) in [4.78, 5) is 11.9. The first kappa shape index (κ1) is 13.4. The molecule has 1 nitrogen and oxygen atoms in total. The molecule has 1 rings (SSSR count). The average Bonchev–Trinajstić information content (AvgIpc) is 2.35. The molecule has 2 heteroatoms. The summed E-state index contributed by atoms with van der Waals surface area (Å²) in [6.07, 6.45) is 4.51. The van der Waals surface area contributed by atoms with E-state index in [1.807, 2.05) is 18.2 Å². The SMILES string of the molecule is CCCCCC(C(=O)CBr)c1ccccc1. The first-order chi connectivity index (χ1) is 7.79. The minimum absolute atomic E-state index is 0.0760. The summed E-state index contributed by atoms with van der Waals surface area (Å²) in [6.45, 7) is 2.18. The van der Waals surface area contributed by atoms with Gasteiger partial charge in [-0.05, 0) is 12.0 Å². The van der Waals surface area contributed by atoms with E-state index in [-0.39, 0.29) is 5.92 Å². The van der Waals surface area contributed by atoms with Crippen molar-refractivity contribution in [1.82, 2.24) is 0 Å². The van der Waals surface area contributed by atoms with E-state index in [4.69, 9.17) is 0 Å². The number of carbonyl (C=O) groups is 1. The Labute approximate surface area is 106 Å². The molecule has 0 saturated heterocycles. The molecule has 1 aromatic carbocycles. The summed E-state index contributed by atoms with van der Waals surface area (Å²) in [5, 5.41) is 0.457. The van der Waals surface area contributed by atoms with Crippen LogP contribution < -0.4 is 0 Å². The van der Waals surface area contributed by atoms with E-state index in [0.29, 0.717) is 11.1 Å². The van der Waals surface area contributed by atoms with Crippen LogP contribution >= 0.6 is 15.9 Å². The van der Waals surface area contributed by atoms with E-state index in [1.54, 1.807) is 0 Å². The van der Waals surface area contributed by atoms with Gasteiger partial charge in [-0.3, -0.25) is 4.79 Å². The molecular formula is C14H19BrO. The molecule has 0 N–H and O–H groups in total. The summed E-state index contributed by atoms with van der Waals surface area (Å²) < 4.78 is 0. The maximum absolute atomic E-state index is 11.9. The number of benzene rings is 1. The molecular weight excluding hydrogens is 264 g/mol. The van der Waals surface area contributed by atoms with E-state index in [9.17, 15) is 4.79 Å². The predicted octanol–water partition coefficient (Wildman–Crippen LogP) is 4.31. The molecule has 1 aromatic rings. The highest BCUT2D eigenvalue weighted by molar-refractivity contribution is 9.09. The van der Waals surface area contributed by atoms with Crippen molar-refractivity contribution >= 4 is 21.7 Å². The summed E-state index contributed by atoms with van der Waals surface area (Å²) in [7, 11) is 0. The highest BCUT2D eigenvalue weighted by Gasteiger charge is 2.18. The molecule has 0 bridgehead atoms. The standard InChI is InChI=1S/C14H19BrO/c1-2-3-5-10-13(14(16)11-15)12-8-6-4-7-9-12/h4,6-9,13H,2-3,5,10-11H2,1H3. The Bertz CT molecular complexity index is 308. The molecule has 0 aromatic heterocycles. The second-order valence-corrected chi connectivity index (χ2v) is 4.62. The average molecular weight is 283 g/mol. The maximum Gasteiger partial charge on any atom is 0.150 e. The second kappa shape index (κ2) is 7.61. The van der Waals surface area contributed by atoms with Gasteiger partial charge in [-0.2, -0.15) is 0 Å².